The summed E-state index contributed by atoms with van der Waals surface area (Å²) >= 11 is 0. The Labute approximate surface area is 144 Å². The van der Waals surface area contributed by atoms with E-state index in [9.17, 15) is 9.59 Å². The van der Waals surface area contributed by atoms with Crippen LogP contribution in [0, 0.1) is 11.3 Å². The Morgan fingerprint density at radius 3 is 2.64 bits per heavy atom. The first kappa shape index (κ1) is 16.5. The highest BCUT2D eigenvalue weighted by Gasteiger charge is 2.09. The van der Waals surface area contributed by atoms with Crippen LogP contribution in [-0.4, -0.2) is 21.6 Å². The van der Waals surface area contributed by atoms with E-state index in [4.69, 9.17) is 5.26 Å². The summed E-state index contributed by atoms with van der Waals surface area (Å²) in [6.07, 6.45) is 0.655. The van der Waals surface area contributed by atoms with E-state index in [-0.39, 0.29) is 11.6 Å². The summed E-state index contributed by atoms with van der Waals surface area (Å²) in [5.74, 6) is -0.203. The molecule has 3 rings (SSSR count). The number of amides is 1. The van der Waals surface area contributed by atoms with E-state index in [1.165, 1.54) is 0 Å². The van der Waals surface area contributed by atoms with Gasteiger partial charge in [-0.3, -0.25) is 13.9 Å². The zero-order valence-electron chi connectivity index (χ0n) is 14.1. The van der Waals surface area contributed by atoms with Crippen LogP contribution in [0.2, 0.25) is 0 Å². The topological polar surface area (TPSA) is 79.8 Å². The van der Waals surface area contributed by atoms with E-state index >= 15 is 0 Å². The van der Waals surface area contributed by atoms with Crippen molar-refractivity contribution in [3.8, 4) is 6.07 Å². The van der Waals surface area contributed by atoms with Gasteiger partial charge in [0.1, 0.15) is 0 Å². The lowest BCUT2D eigenvalue weighted by atomic mass is 10.1. The molecule has 0 saturated heterocycles. The third-order valence-corrected chi connectivity index (χ3v) is 4.29. The zero-order chi connectivity index (χ0) is 18.0. The van der Waals surface area contributed by atoms with E-state index in [0.717, 1.165) is 16.6 Å². The molecule has 2 aromatic carbocycles. The molecule has 0 aliphatic heterocycles. The molecule has 1 heterocycles. The number of nitrogens with zero attached hydrogens (tertiary/aromatic N) is 3. The number of hydrogen-bond acceptors (Lipinski definition) is 3. The maximum atomic E-state index is 12.1. The van der Waals surface area contributed by atoms with Gasteiger partial charge in [0.25, 0.3) is 5.91 Å². The van der Waals surface area contributed by atoms with Crippen molar-refractivity contribution < 1.29 is 4.79 Å². The lowest BCUT2D eigenvalue weighted by molar-refractivity contribution is 0.0954. The molecule has 0 aliphatic carbocycles. The standard InChI is InChI=1S/C19H18N4O2/c1-22-16-7-6-13(11-17(16)23(2)19(22)25)8-9-21-18(24)15-5-3-4-14(10-15)12-20/h3-7,10-11H,8-9H2,1-2H3,(H,21,24). The summed E-state index contributed by atoms with van der Waals surface area (Å²) in [6, 6.07) is 14.5. The Hall–Kier alpha value is -3.33. The molecule has 0 unspecified atom stereocenters. The van der Waals surface area contributed by atoms with Gasteiger partial charge in [0.05, 0.1) is 22.7 Å². The molecule has 0 fully saturated rings. The molecule has 6 heteroatoms. The minimum absolute atomic E-state index is 0.0576. The molecule has 3 aromatic rings. The monoisotopic (exact) mass is 334 g/mol. The first-order chi connectivity index (χ1) is 12.0. The van der Waals surface area contributed by atoms with Gasteiger partial charge in [-0.2, -0.15) is 5.26 Å². The molecule has 0 bridgehead atoms. The van der Waals surface area contributed by atoms with E-state index < -0.39 is 0 Å². The SMILES string of the molecule is Cn1c(=O)n(C)c2cc(CCNC(=O)c3cccc(C#N)c3)ccc21. The molecular weight excluding hydrogens is 316 g/mol. The summed E-state index contributed by atoms with van der Waals surface area (Å²) in [5, 5.41) is 11.7. The minimum Gasteiger partial charge on any atom is -0.352 e. The number of imidazole rings is 1. The average Bonchev–Trinajstić information content (AvgIpc) is 2.86. The normalized spacial score (nSPS) is 10.6. The predicted molar refractivity (Wildman–Crippen MR) is 95.4 cm³/mol. The van der Waals surface area contributed by atoms with Crippen molar-refractivity contribution in [3.63, 3.8) is 0 Å². The maximum Gasteiger partial charge on any atom is 0.328 e. The number of hydrogen-bond donors (Lipinski definition) is 1. The van der Waals surface area contributed by atoms with Crippen LogP contribution < -0.4 is 11.0 Å². The minimum atomic E-state index is -0.203. The van der Waals surface area contributed by atoms with Crippen molar-refractivity contribution in [3.05, 3.63) is 69.6 Å². The van der Waals surface area contributed by atoms with E-state index in [1.807, 2.05) is 24.3 Å². The average molecular weight is 334 g/mol. The Balaban J connectivity index is 1.69. The molecule has 1 aromatic heterocycles. The molecule has 1 N–H and O–H groups in total. The van der Waals surface area contributed by atoms with Crippen LogP contribution in [0.5, 0.6) is 0 Å². The van der Waals surface area contributed by atoms with Crippen LogP contribution in [0.15, 0.2) is 47.3 Å². The third kappa shape index (κ3) is 3.17. The number of nitrogens with one attached hydrogen (secondary N) is 1. The highest BCUT2D eigenvalue weighted by molar-refractivity contribution is 5.94. The Kier molecular flexibility index (Phi) is 4.40. The molecule has 0 spiro atoms. The number of aromatic nitrogens is 2. The summed E-state index contributed by atoms with van der Waals surface area (Å²) in [5.41, 5.74) is 3.67. The number of fused-ring (bicyclic) bond motifs is 1. The second-order valence-electron chi connectivity index (χ2n) is 5.92. The molecule has 0 aliphatic rings. The van der Waals surface area contributed by atoms with Gasteiger partial charge in [-0.1, -0.05) is 12.1 Å². The van der Waals surface area contributed by atoms with Crippen molar-refractivity contribution >= 4 is 16.9 Å². The van der Waals surface area contributed by atoms with Gasteiger partial charge in [0.15, 0.2) is 0 Å². The second kappa shape index (κ2) is 6.65. The van der Waals surface area contributed by atoms with Gasteiger partial charge in [0.2, 0.25) is 0 Å². The molecular formula is C19H18N4O2. The fourth-order valence-corrected chi connectivity index (χ4v) is 2.86. The number of rotatable bonds is 4. The van der Waals surface area contributed by atoms with Gasteiger partial charge < -0.3 is 5.32 Å². The Bertz CT molecular complexity index is 1050. The van der Waals surface area contributed by atoms with Crippen molar-refractivity contribution in [2.24, 2.45) is 14.1 Å². The molecule has 25 heavy (non-hydrogen) atoms. The first-order valence-corrected chi connectivity index (χ1v) is 7.94. The summed E-state index contributed by atoms with van der Waals surface area (Å²) in [7, 11) is 3.50. The lowest BCUT2D eigenvalue weighted by Crippen LogP contribution is -2.25. The quantitative estimate of drug-likeness (QED) is 0.789. The van der Waals surface area contributed by atoms with Crippen LogP contribution in [0.1, 0.15) is 21.5 Å². The summed E-state index contributed by atoms with van der Waals surface area (Å²) in [6.45, 7) is 0.474. The molecule has 1 amide bonds. The maximum absolute atomic E-state index is 12.1. The zero-order valence-corrected chi connectivity index (χ0v) is 14.1. The largest absolute Gasteiger partial charge is 0.352 e. The lowest BCUT2D eigenvalue weighted by Gasteiger charge is -2.06. The van der Waals surface area contributed by atoms with Gasteiger partial charge >= 0.3 is 5.69 Å². The smallest absolute Gasteiger partial charge is 0.328 e. The Morgan fingerprint density at radius 1 is 1.12 bits per heavy atom. The molecule has 0 saturated carbocycles. The van der Waals surface area contributed by atoms with Gasteiger partial charge in [-0.25, -0.2) is 4.79 Å². The van der Waals surface area contributed by atoms with Crippen molar-refractivity contribution in [1.82, 2.24) is 14.5 Å². The van der Waals surface area contributed by atoms with Gasteiger partial charge in [0, 0.05) is 26.2 Å². The summed E-state index contributed by atoms with van der Waals surface area (Å²) in [4.78, 5) is 24.1. The van der Waals surface area contributed by atoms with Crippen LogP contribution in [0.3, 0.4) is 0 Å². The predicted octanol–water partition coefficient (Wildman–Crippen LogP) is 1.72. The Morgan fingerprint density at radius 2 is 1.88 bits per heavy atom. The number of benzene rings is 2. The first-order valence-electron chi connectivity index (χ1n) is 7.94. The van der Waals surface area contributed by atoms with Crippen LogP contribution in [0.4, 0.5) is 0 Å². The molecule has 0 radical (unpaired) electrons. The number of carbonyl (C=O) groups excluding carboxylic acids is 1. The van der Waals surface area contributed by atoms with Crippen molar-refractivity contribution in [2.45, 2.75) is 6.42 Å². The van der Waals surface area contributed by atoms with E-state index in [2.05, 4.69) is 5.32 Å². The van der Waals surface area contributed by atoms with Crippen LogP contribution >= 0.6 is 0 Å². The third-order valence-electron chi connectivity index (χ3n) is 4.29. The fourth-order valence-electron chi connectivity index (χ4n) is 2.86. The number of nitriles is 1. The molecule has 0 atom stereocenters. The number of carbonyl (C=O) groups is 1. The van der Waals surface area contributed by atoms with Crippen molar-refractivity contribution in [1.29, 1.82) is 5.26 Å². The van der Waals surface area contributed by atoms with Crippen molar-refractivity contribution in [2.75, 3.05) is 6.54 Å². The summed E-state index contributed by atoms with van der Waals surface area (Å²) < 4.78 is 3.23. The highest BCUT2D eigenvalue weighted by atomic mass is 16.2. The molecule has 6 nitrogen and oxygen atoms in total. The van der Waals surface area contributed by atoms with Gasteiger partial charge in [-0.15, -0.1) is 0 Å². The highest BCUT2D eigenvalue weighted by Crippen LogP contribution is 2.14. The van der Waals surface area contributed by atoms with Crippen LogP contribution in [0.25, 0.3) is 11.0 Å². The van der Waals surface area contributed by atoms with Gasteiger partial charge in [-0.05, 0) is 42.3 Å². The molecule has 126 valence electrons. The van der Waals surface area contributed by atoms with Crippen LogP contribution in [-0.2, 0) is 20.5 Å². The van der Waals surface area contributed by atoms with E-state index in [1.54, 1.807) is 47.5 Å². The fraction of sp³-hybridized carbons (Fsp3) is 0.211. The second-order valence-corrected chi connectivity index (χ2v) is 5.92. The number of aryl methyl sites for hydroxylation is 2. The van der Waals surface area contributed by atoms with E-state index in [0.29, 0.717) is 24.1 Å².